The van der Waals surface area contributed by atoms with Crippen molar-refractivity contribution in [3.8, 4) is 0 Å². The van der Waals surface area contributed by atoms with Crippen LogP contribution in [0.3, 0.4) is 0 Å². The largest absolute Gasteiger partial charge is 0.334 e. The van der Waals surface area contributed by atoms with Gasteiger partial charge in [0.05, 0.1) is 0 Å². The lowest BCUT2D eigenvalue weighted by Gasteiger charge is -2.22. The number of nitrogens with one attached hydrogen (secondary N) is 1. The molecule has 0 radical (unpaired) electrons. The molecule has 0 saturated carbocycles. The molecule has 3 N–H and O–H groups in total. The Labute approximate surface area is 114 Å². The second kappa shape index (κ2) is 6.01. The maximum Gasteiger partial charge on any atom is 0.260 e. The van der Waals surface area contributed by atoms with Gasteiger partial charge in [0.25, 0.3) is 10.0 Å². The number of nitrogens with zero attached hydrogens (tertiary/aromatic N) is 2. The van der Waals surface area contributed by atoms with E-state index in [1.54, 1.807) is 25.3 Å². The number of halogens is 1. The maximum absolute atomic E-state index is 12.0. The number of hydrogen-bond acceptors (Lipinski definition) is 4. The molecule has 0 aromatic carbocycles. The second-order valence-electron chi connectivity index (χ2n) is 4.61. The standard InChI is InChI=1S/C10H20N4O2S.ClH/c1-5-14-6-9(12-8(14)2)17(15,16)13-10(3,4)7-11;/h6,13H,5,7,11H2,1-4H3;1H. The van der Waals surface area contributed by atoms with Crippen molar-refractivity contribution in [3.05, 3.63) is 12.0 Å². The number of aromatic nitrogens is 2. The zero-order valence-corrected chi connectivity index (χ0v) is 12.7. The number of aryl methyl sites for hydroxylation is 2. The SMILES string of the molecule is CCn1cc(S(=O)(=O)NC(C)(C)CN)nc1C.Cl. The fraction of sp³-hybridized carbons (Fsp3) is 0.700. The molecule has 0 aliphatic carbocycles. The monoisotopic (exact) mass is 296 g/mol. The smallest absolute Gasteiger partial charge is 0.260 e. The van der Waals surface area contributed by atoms with E-state index in [-0.39, 0.29) is 24.0 Å². The number of rotatable bonds is 5. The van der Waals surface area contributed by atoms with Crippen molar-refractivity contribution >= 4 is 22.4 Å². The van der Waals surface area contributed by atoms with E-state index in [0.717, 1.165) is 0 Å². The molecule has 1 rings (SSSR count). The van der Waals surface area contributed by atoms with E-state index >= 15 is 0 Å². The Morgan fingerprint density at radius 1 is 1.50 bits per heavy atom. The van der Waals surface area contributed by atoms with Crippen LogP contribution >= 0.6 is 12.4 Å². The van der Waals surface area contributed by atoms with Crippen LogP contribution in [0.5, 0.6) is 0 Å². The quantitative estimate of drug-likeness (QED) is 0.835. The lowest BCUT2D eigenvalue weighted by Crippen LogP contribution is -2.48. The molecule has 0 saturated heterocycles. The van der Waals surface area contributed by atoms with Gasteiger partial charge < -0.3 is 10.3 Å². The molecule has 6 nitrogen and oxygen atoms in total. The molecule has 0 aliphatic heterocycles. The molecule has 0 atom stereocenters. The van der Waals surface area contributed by atoms with Gasteiger partial charge in [0.2, 0.25) is 0 Å². The summed E-state index contributed by atoms with van der Waals surface area (Å²) in [4.78, 5) is 4.04. The van der Waals surface area contributed by atoms with Crippen molar-refractivity contribution in [2.24, 2.45) is 5.73 Å². The van der Waals surface area contributed by atoms with Gasteiger partial charge in [0, 0.05) is 24.8 Å². The molecule has 106 valence electrons. The van der Waals surface area contributed by atoms with Gasteiger partial charge in [-0.05, 0) is 27.7 Å². The van der Waals surface area contributed by atoms with E-state index in [9.17, 15) is 8.42 Å². The van der Waals surface area contributed by atoms with Gasteiger partial charge in [0.15, 0.2) is 5.03 Å². The third-order valence-corrected chi connectivity index (χ3v) is 4.06. The molecule has 0 amide bonds. The first-order chi connectivity index (χ1) is 7.72. The number of nitrogens with two attached hydrogens (primary N) is 1. The molecule has 1 aromatic rings. The van der Waals surface area contributed by atoms with Crippen LogP contribution in [0.1, 0.15) is 26.6 Å². The average molecular weight is 297 g/mol. The fourth-order valence-electron chi connectivity index (χ4n) is 1.39. The molecule has 0 bridgehead atoms. The van der Waals surface area contributed by atoms with Crippen LogP contribution in [0.25, 0.3) is 0 Å². The minimum absolute atomic E-state index is 0. The number of imidazole rings is 1. The predicted octanol–water partition coefficient (Wildman–Crippen LogP) is 0.649. The molecule has 1 heterocycles. The lowest BCUT2D eigenvalue weighted by molar-refractivity contribution is 0.461. The summed E-state index contributed by atoms with van der Waals surface area (Å²) < 4.78 is 28.4. The molecule has 0 aliphatic rings. The summed E-state index contributed by atoms with van der Waals surface area (Å²) in [5.74, 6) is 0.679. The zero-order valence-electron chi connectivity index (χ0n) is 11.1. The molecule has 18 heavy (non-hydrogen) atoms. The molecule has 0 unspecified atom stereocenters. The summed E-state index contributed by atoms with van der Waals surface area (Å²) in [5.41, 5.74) is 4.82. The second-order valence-corrected chi connectivity index (χ2v) is 6.24. The van der Waals surface area contributed by atoms with Crippen molar-refractivity contribution in [2.75, 3.05) is 6.54 Å². The summed E-state index contributed by atoms with van der Waals surface area (Å²) in [6, 6.07) is 0. The first-order valence-corrected chi connectivity index (χ1v) is 6.98. The van der Waals surface area contributed by atoms with Crippen LogP contribution in [0.4, 0.5) is 0 Å². The highest BCUT2D eigenvalue weighted by atomic mass is 35.5. The summed E-state index contributed by atoms with van der Waals surface area (Å²) in [7, 11) is -3.60. The zero-order chi connectivity index (χ0) is 13.3. The Balaban J connectivity index is 0.00000289. The Morgan fingerprint density at radius 3 is 2.44 bits per heavy atom. The maximum atomic E-state index is 12.0. The van der Waals surface area contributed by atoms with Crippen molar-refractivity contribution < 1.29 is 8.42 Å². The number of hydrogen-bond donors (Lipinski definition) is 2. The Bertz CT molecular complexity index is 496. The molecule has 0 fully saturated rings. The lowest BCUT2D eigenvalue weighted by atomic mass is 10.1. The van der Waals surface area contributed by atoms with Gasteiger partial charge in [-0.15, -0.1) is 12.4 Å². The van der Waals surface area contributed by atoms with Crippen molar-refractivity contribution in [3.63, 3.8) is 0 Å². The van der Waals surface area contributed by atoms with E-state index in [2.05, 4.69) is 9.71 Å². The van der Waals surface area contributed by atoms with Crippen LogP contribution < -0.4 is 10.5 Å². The Hall–Kier alpha value is -0.630. The first kappa shape index (κ1) is 17.4. The third-order valence-electron chi connectivity index (χ3n) is 2.49. The van der Waals surface area contributed by atoms with Crippen LogP contribution in [0.15, 0.2) is 11.2 Å². The third kappa shape index (κ3) is 3.94. The highest BCUT2D eigenvalue weighted by Gasteiger charge is 2.27. The van der Waals surface area contributed by atoms with E-state index < -0.39 is 15.6 Å². The fourth-order valence-corrected chi connectivity index (χ4v) is 2.82. The van der Waals surface area contributed by atoms with Crippen molar-refractivity contribution in [1.29, 1.82) is 0 Å². The van der Waals surface area contributed by atoms with E-state index in [0.29, 0.717) is 12.4 Å². The van der Waals surface area contributed by atoms with Crippen LogP contribution in [0.2, 0.25) is 0 Å². The average Bonchev–Trinajstić information content (AvgIpc) is 2.59. The Morgan fingerprint density at radius 2 is 2.06 bits per heavy atom. The van der Waals surface area contributed by atoms with E-state index in [1.807, 2.05) is 6.92 Å². The summed E-state index contributed by atoms with van der Waals surface area (Å²) in [5, 5.41) is 0.0402. The summed E-state index contributed by atoms with van der Waals surface area (Å²) in [6.45, 7) is 8.08. The van der Waals surface area contributed by atoms with Crippen LogP contribution in [-0.4, -0.2) is 30.1 Å². The topological polar surface area (TPSA) is 90.0 Å². The van der Waals surface area contributed by atoms with E-state index in [1.165, 1.54) is 6.20 Å². The minimum Gasteiger partial charge on any atom is -0.334 e. The summed E-state index contributed by atoms with van der Waals surface area (Å²) >= 11 is 0. The van der Waals surface area contributed by atoms with Crippen LogP contribution in [-0.2, 0) is 16.6 Å². The number of sulfonamides is 1. The Kier molecular flexibility index (Phi) is 5.80. The van der Waals surface area contributed by atoms with Gasteiger partial charge >= 0.3 is 0 Å². The van der Waals surface area contributed by atoms with Gasteiger partial charge in [-0.1, -0.05) is 0 Å². The van der Waals surface area contributed by atoms with Crippen molar-refractivity contribution in [1.82, 2.24) is 14.3 Å². The first-order valence-electron chi connectivity index (χ1n) is 5.49. The highest BCUT2D eigenvalue weighted by molar-refractivity contribution is 7.89. The van der Waals surface area contributed by atoms with Crippen molar-refractivity contribution in [2.45, 2.75) is 44.8 Å². The molecule has 8 heteroatoms. The van der Waals surface area contributed by atoms with Crippen LogP contribution in [0, 0.1) is 6.92 Å². The molecule has 0 spiro atoms. The van der Waals surface area contributed by atoms with E-state index in [4.69, 9.17) is 5.73 Å². The van der Waals surface area contributed by atoms with Gasteiger partial charge in [-0.25, -0.2) is 18.1 Å². The molecular weight excluding hydrogens is 276 g/mol. The van der Waals surface area contributed by atoms with Gasteiger partial charge in [-0.3, -0.25) is 0 Å². The summed E-state index contributed by atoms with van der Waals surface area (Å²) in [6.07, 6.45) is 1.53. The molecule has 1 aromatic heterocycles. The van der Waals surface area contributed by atoms with Gasteiger partial charge in [0.1, 0.15) is 5.82 Å². The van der Waals surface area contributed by atoms with Gasteiger partial charge in [-0.2, -0.15) is 0 Å². The minimum atomic E-state index is -3.60. The predicted molar refractivity (Wildman–Crippen MR) is 73.3 cm³/mol. The molecular formula is C10H21ClN4O2S. The normalized spacial score (nSPS) is 12.3. The highest BCUT2D eigenvalue weighted by Crippen LogP contribution is 2.12.